The highest BCUT2D eigenvalue weighted by atomic mass is 35.5. The van der Waals surface area contributed by atoms with Crippen molar-refractivity contribution in [3.63, 3.8) is 0 Å². The molecule has 2 aliphatic rings. The van der Waals surface area contributed by atoms with Gasteiger partial charge in [0, 0.05) is 13.1 Å². The molecule has 1 fully saturated rings. The number of ketones is 1. The lowest BCUT2D eigenvalue weighted by Gasteiger charge is -2.31. The quantitative estimate of drug-likeness (QED) is 0.614. The summed E-state index contributed by atoms with van der Waals surface area (Å²) in [5, 5.41) is 11.4. The molecular weight excluding hydrogens is 439 g/mol. The number of Topliss-reactive ketones (excluding diaryl/α,β-unsaturated/α-hetero) is 1. The van der Waals surface area contributed by atoms with Gasteiger partial charge in [0.25, 0.3) is 5.91 Å². The third kappa shape index (κ3) is 4.38. The Hall–Kier alpha value is -2.28. The van der Waals surface area contributed by atoms with Crippen molar-refractivity contribution in [3.8, 4) is 0 Å². The Kier molecular flexibility index (Phi) is 6.42. The summed E-state index contributed by atoms with van der Waals surface area (Å²) in [5.74, 6) is -0.987. The fourth-order valence-electron chi connectivity index (χ4n) is 4.27. The Labute approximate surface area is 191 Å². The molecule has 1 unspecified atom stereocenters. The number of nitrogens with zero attached hydrogens (tertiary/aromatic N) is 2. The number of hydrogen-bond donors (Lipinski definition) is 1. The summed E-state index contributed by atoms with van der Waals surface area (Å²) >= 11 is 12.3. The zero-order valence-corrected chi connectivity index (χ0v) is 18.7. The fraction of sp³-hybridized carbons (Fsp3) is 0.391. The molecule has 1 saturated heterocycles. The monoisotopic (exact) mass is 462 g/mol. The van der Waals surface area contributed by atoms with Crippen LogP contribution in [-0.2, 0) is 4.79 Å². The van der Waals surface area contributed by atoms with Gasteiger partial charge in [-0.05, 0) is 62.7 Å². The van der Waals surface area contributed by atoms with Crippen molar-refractivity contribution in [1.82, 2.24) is 9.80 Å². The molecule has 0 radical (unpaired) electrons. The van der Waals surface area contributed by atoms with Crippen molar-refractivity contribution >= 4 is 34.9 Å². The van der Waals surface area contributed by atoms with Gasteiger partial charge in [-0.15, -0.1) is 0 Å². The second kappa shape index (κ2) is 9.07. The van der Waals surface area contributed by atoms with Crippen LogP contribution in [0.2, 0.25) is 10.0 Å². The van der Waals surface area contributed by atoms with Crippen molar-refractivity contribution < 1.29 is 19.1 Å². The molecule has 1 amide bonds. The van der Waals surface area contributed by atoms with Gasteiger partial charge in [-0.1, -0.05) is 35.7 Å². The molecule has 1 N–H and O–H groups in total. The molecule has 0 bridgehead atoms. The van der Waals surface area contributed by atoms with E-state index in [1.165, 1.54) is 11.3 Å². The average Bonchev–Trinajstić information content (AvgIpc) is 3.30. The van der Waals surface area contributed by atoms with E-state index in [4.69, 9.17) is 27.6 Å². The summed E-state index contributed by atoms with van der Waals surface area (Å²) in [5.41, 5.74) is 0.605. The molecule has 3 heterocycles. The number of piperidine rings is 1. The maximum absolute atomic E-state index is 13.2. The lowest BCUT2D eigenvalue weighted by atomic mass is 9.95. The highest BCUT2D eigenvalue weighted by Gasteiger charge is 2.44. The van der Waals surface area contributed by atoms with Crippen molar-refractivity contribution in [2.75, 3.05) is 26.2 Å². The number of likely N-dealkylation sites (tertiary alicyclic amines) is 1. The average molecular weight is 463 g/mol. The van der Waals surface area contributed by atoms with E-state index in [9.17, 15) is 14.7 Å². The summed E-state index contributed by atoms with van der Waals surface area (Å²) in [6.07, 6.45) is 3.49. The van der Waals surface area contributed by atoms with Crippen LogP contribution in [0.5, 0.6) is 0 Å². The predicted molar refractivity (Wildman–Crippen MR) is 119 cm³/mol. The Morgan fingerprint density at radius 2 is 1.84 bits per heavy atom. The molecule has 0 spiro atoms. The van der Waals surface area contributed by atoms with Crippen LogP contribution in [0.3, 0.4) is 0 Å². The third-order valence-corrected chi connectivity index (χ3v) is 6.62. The molecule has 164 valence electrons. The zero-order chi connectivity index (χ0) is 22.1. The Balaban J connectivity index is 1.69. The van der Waals surface area contributed by atoms with Crippen molar-refractivity contribution in [2.24, 2.45) is 0 Å². The molecule has 31 heavy (non-hydrogen) atoms. The molecular formula is C23H24Cl2N2O4. The van der Waals surface area contributed by atoms with Crippen LogP contribution >= 0.6 is 23.2 Å². The van der Waals surface area contributed by atoms with Gasteiger partial charge in [-0.3, -0.25) is 9.59 Å². The van der Waals surface area contributed by atoms with Gasteiger partial charge < -0.3 is 19.3 Å². The van der Waals surface area contributed by atoms with Gasteiger partial charge in [-0.2, -0.15) is 0 Å². The summed E-state index contributed by atoms with van der Waals surface area (Å²) in [6, 6.07) is 7.43. The molecule has 2 aromatic rings. The maximum atomic E-state index is 13.2. The summed E-state index contributed by atoms with van der Waals surface area (Å²) in [6.45, 7) is 4.73. The van der Waals surface area contributed by atoms with Crippen molar-refractivity contribution in [3.05, 3.63) is 68.8 Å². The highest BCUT2D eigenvalue weighted by Crippen LogP contribution is 2.40. The van der Waals surface area contributed by atoms with Gasteiger partial charge in [0.15, 0.2) is 11.5 Å². The maximum Gasteiger partial charge on any atom is 0.290 e. The van der Waals surface area contributed by atoms with Gasteiger partial charge in [0.1, 0.15) is 5.76 Å². The van der Waals surface area contributed by atoms with Crippen molar-refractivity contribution in [1.29, 1.82) is 0 Å². The van der Waals surface area contributed by atoms with Crippen LogP contribution in [0.15, 0.2) is 46.1 Å². The van der Waals surface area contributed by atoms with Crippen LogP contribution < -0.4 is 0 Å². The molecule has 1 aromatic carbocycles. The SMILES string of the molecule is Cc1ccc(C(=O)C2=C(O)C(=O)N(CCN3CCCCC3)C2c2ccc(Cl)c(Cl)c2)o1. The first-order valence-corrected chi connectivity index (χ1v) is 11.1. The fourth-order valence-corrected chi connectivity index (χ4v) is 4.57. The molecule has 1 aromatic heterocycles. The largest absolute Gasteiger partial charge is 0.503 e. The molecule has 4 rings (SSSR count). The number of rotatable bonds is 6. The molecule has 1 atom stereocenters. The minimum absolute atomic E-state index is 0.00335. The zero-order valence-electron chi connectivity index (χ0n) is 17.2. The first-order chi connectivity index (χ1) is 14.9. The number of hydrogen-bond acceptors (Lipinski definition) is 5. The van der Waals surface area contributed by atoms with E-state index in [2.05, 4.69) is 4.90 Å². The van der Waals surface area contributed by atoms with Crippen molar-refractivity contribution in [2.45, 2.75) is 32.2 Å². The number of carbonyl (C=O) groups is 2. The number of aliphatic hydroxyl groups is 1. The van der Waals surface area contributed by atoms with E-state index < -0.39 is 23.5 Å². The number of carbonyl (C=O) groups excluding carboxylic acids is 2. The Morgan fingerprint density at radius 3 is 2.48 bits per heavy atom. The minimum atomic E-state index is -0.773. The summed E-state index contributed by atoms with van der Waals surface area (Å²) in [4.78, 5) is 30.1. The smallest absolute Gasteiger partial charge is 0.290 e. The van der Waals surface area contributed by atoms with Crippen LogP contribution in [0.1, 0.15) is 47.2 Å². The molecule has 6 nitrogen and oxygen atoms in total. The number of benzene rings is 1. The second-order valence-corrected chi connectivity index (χ2v) is 8.79. The standard InChI is InChI=1S/C23H24Cl2N2O4/c1-14-5-8-18(31-14)21(28)19-20(15-6-7-16(24)17(25)13-15)27(23(30)22(19)29)12-11-26-9-3-2-4-10-26/h5-8,13,20,29H,2-4,9-12H2,1H3. The normalized spacial score (nSPS) is 20.0. The number of halogens is 2. The van der Waals surface area contributed by atoms with E-state index in [1.54, 1.807) is 37.3 Å². The van der Waals surface area contributed by atoms with Crippen LogP contribution in [0.4, 0.5) is 0 Å². The molecule has 2 aliphatic heterocycles. The lowest BCUT2D eigenvalue weighted by molar-refractivity contribution is -0.129. The number of aliphatic hydroxyl groups excluding tert-OH is 1. The van der Waals surface area contributed by atoms with Gasteiger partial charge in [0.05, 0.1) is 21.7 Å². The van der Waals surface area contributed by atoms with Gasteiger partial charge >= 0.3 is 0 Å². The van der Waals surface area contributed by atoms with E-state index in [0.29, 0.717) is 34.5 Å². The molecule has 8 heteroatoms. The predicted octanol–water partition coefficient (Wildman–Crippen LogP) is 4.96. The van der Waals surface area contributed by atoms with E-state index >= 15 is 0 Å². The second-order valence-electron chi connectivity index (χ2n) is 7.98. The lowest BCUT2D eigenvalue weighted by Crippen LogP contribution is -2.40. The van der Waals surface area contributed by atoms with Gasteiger partial charge in [0.2, 0.25) is 5.78 Å². The summed E-state index contributed by atoms with van der Waals surface area (Å²) < 4.78 is 5.48. The summed E-state index contributed by atoms with van der Waals surface area (Å²) in [7, 11) is 0. The third-order valence-electron chi connectivity index (χ3n) is 5.88. The number of aryl methyl sites for hydroxylation is 1. The van der Waals surface area contributed by atoms with Crippen LogP contribution in [0, 0.1) is 6.92 Å². The highest BCUT2D eigenvalue weighted by molar-refractivity contribution is 6.42. The Morgan fingerprint density at radius 1 is 1.10 bits per heavy atom. The minimum Gasteiger partial charge on any atom is -0.503 e. The van der Waals surface area contributed by atoms with E-state index in [-0.39, 0.29) is 11.3 Å². The van der Waals surface area contributed by atoms with E-state index in [1.807, 2.05) is 0 Å². The number of furan rings is 1. The Bertz CT molecular complexity index is 1040. The molecule has 0 saturated carbocycles. The number of amides is 1. The van der Waals surface area contributed by atoms with Gasteiger partial charge in [-0.25, -0.2) is 0 Å². The van der Waals surface area contributed by atoms with E-state index in [0.717, 1.165) is 25.9 Å². The topological polar surface area (TPSA) is 74.0 Å². The van der Waals surface area contributed by atoms with Crippen LogP contribution in [-0.4, -0.2) is 52.8 Å². The molecule has 0 aliphatic carbocycles. The first kappa shape index (κ1) is 21.9. The van der Waals surface area contributed by atoms with Crippen LogP contribution in [0.25, 0.3) is 0 Å². The first-order valence-electron chi connectivity index (χ1n) is 10.4.